The number of hydrogen-bond donors (Lipinski definition) is 2. The van der Waals surface area contributed by atoms with E-state index in [0.29, 0.717) is 46.1 Å². The van der Waals surface area contributed by atoms with Crippen LogP contribution in [0.15, 0.2) is 54.2 Å². The summed E-state index contributed by atoms with van der Waals surface area (Å²) in [7, 11) is 1.53. The third-order valence-electron chi connectivity index (χ3n) is 5.93. The Bertz CT molecular complexity index is 1380. The van der Waals surface area contributed by atoms with Crippen LogP contribution in [0.5, 0.6) is 11.5 Å². The Morgan fingerprint density at radius 3 is 2.86 bits per heavy atom. The highest BCUT2D eigenvalue weighted by Gasteiger charge is 2.43. The van der Waals surface area contributed by atoms with Crippen LogP contribution in [0.1, 0.15) is 22.5 Å². The normalized spacial score (nSPS) is 17.8. The zero-order valence-corrected chi connectivity index (χ0v) is 20.4. The molecule has 1 aliphatic rings. The first-order valence-corrected chi connectivity index (χ1v) is 12.3. The molecule has 1 atom stereocenters. The average Bonchev–Trinajstić information content (AvgIpc) is 3.42. The number of carbonyl (C=O) groups excluding carboxylic acids is 1. The van der Waals surface area contributed by atoms with Crippen molar-refractivity contribution in [2.75, 3.05) is 25.5 Å². The average molecular weight is 513 g/mol. The number of Topliss-reactive ketones (excluding diaryl/α,β-unsaturated/α-hetero) is 1. The summed E-state index contributed by atoms with van der Waals surface area (Å²) in [5.41, 5.74) is -0.349. The maximum Gasteiger partial charge on any atom is 0.217 e. The first-order chi connectivity index (χ1) is 17.0. The summed E-state index contributed by atoms with van der Waals surface area (Å²) in [6.45, 7) is 1.18. The Hall–Kier alpha value is -3.27. The quantitative estimate of drug-likeness (QED) is 0.311. The molecule has 10 heteroatoms. The standard InChI is InChI=1S/C25H22ClFN4O3S/c1-33-19-12-18-15(24(30-14-29-18)31-17-6-2-5-16(26)22(17)27)11-20(19)34-25(8-4-9-28-13-25)23(32)21-7-3-10-35-21/h2-3,5-7,10-12,14,28H,4,8-9,13H2,1H3,(H,29,30,31)/t25-/m1/s1. The van der Waals surface area contributed by atoms with Gasteiger partial charge in [0.25, 0.3) is 0 Å². The maximum atomic E-state index is 14.5. The van der Waals surface area contributed by atoms with E-state index in [0.717, 1.165) is 13.0 Å². The number of ether oxygens (including phenoxy) is 2. The number of rotatable bonds is 7. The molecule has 0 radical (unpaired) electrons. The van der Waals surface area contributed by atoms with E-state index >= 15 is 0 Å². The van der Waals surface area contributed by atoms with Gasteiger partial charge in [0.2, 0.25) is 5.78 Å². The Labute approximate surface area is 210 Å². The Morgan fingerprint density at radius 1 is 1.23 bits per heavy atom. The third-order valence-corrected chi connectivity index (χ3v) is 7.09. The number of methoxy groups -OCH3 is 1. The molecule has 1 fully saturated rings. The second-order valence-electron chi connectivity index (χ2n) is 8.15. The predicted molar refractivity (Wildman–Crippen MR) is 135 cm³/mol. The number of halogens is 2. The summed E-state index contributed by atoms with van der Waals surface area (Å²) >= 11 is 7.33. The molecular formula is C25H22ClFN4O3S. The summed E-state index contributed by atoms with van der Waals surface area (Å²) in [6.07, 6.45) is 2.72. The lowest BCUT2D eigenvalue weighted by Crippen LogP contribution is -2.55. The molecule has 2 N–H and O–H groups in total. The highest BCUT2D eigenvalue weighted by molar-refractivity contribution is 7.12. The summed E-state index contributed by atoms with van der Waals surface area (Å²) in [4.78, 5) is 22.8. The largest absolute Gasteiger partial charge is 0.493 e. The molecule has 2 aromatic heterocycles. The van der Waals surface area contributed by atoms with Gasteiger partial charge in [0, 0.05) is 18.0 Å². The fraction of sp³-hybridized carbons (Fsp3) is 0.240. The van der Waals surface area contributed by atoms with Gasteiger partial charge in [-0.1, -0.05) is 23.7 Å². The van der Waals surface area contributed by atoms with Gasteiger partial charge < -0.3 is 20.1 Å². The van der Waals surface area contributed by atoms with Crippen LogP contribution in [0.3, 0.4) is 0 Å². The van der Waals surface area contributed by atoms with Crippen LogP contribution in [0.2, 0.25) is 5.02 Å². The van der Waals surface area contributed by atoms with Crippen LogP contribution in [-0.4, -0.2) is 41.6 Å². The molecule has 1 aliphatic heterocycles. The van der Waals surface area contributed by atoms with Crippen molar-refractivity contribution >= 4 is 51.1 Å². The topological polar surface area (TPSA) is 85.4 Å². The number of hydrogen-bond acceptors (Lipinski definition) is 8. The van der Waals surface area contributed by atoms with Crippen molar-refractivity contribution in [1.82, 2.24) is 15.3 Å². The Kier molecular flexibility index (Phi) is 6.55. The van der Waals surface area contributed by atoms with Gasteiger partial charge in [-0.2, -0.15) is 0 Å². The van der Waals surface area contributed by atoms with E-state index in [-0.39, 0.29) is 16.5 Å². The smallest absolute Gasteiger partial charge is 0.217 e. The second-order valence-corrected chi connectivity index (χ2v) is 9.51. The van der Waals surface area contributed by atoms with Crippen molar-refractivity contribution in [2.45, 2.75) is 18.4 Å². The van der Waals surface area contributed by atoms with E-state index in [4.69, 9.17) is 21.1 Å². The second kappa shape index (κ2) is 9.77. The van der Waals surface area contributed by atoms with E-state index in [9.17, 15) is 9.18 Å². The molecular weight excluding hydrogens is 491 g/mol. The molecule has 4 aromatic rings. The van der Waals surface area contributed by atoms with Crippen molar-refractivity contribution in [3.05, 3.63) is 69.9 Å². The van der Waals surface area contributed by atoms with Crippen LogP contribution < -0.4 is 20.1 Å². The highest BCUT2D eigenvalue weighted by atomic mass is 35.5. The highest BCUT2D eigenvalue weighted by Crippen LogP contribution is 2.39. The first kappa shape index (κ1) is 23.5. The number of ketones is 1. The lowest BCUT2D eigenvalue weighted by Gasteiger charge is -2.36. The molecule has 180 valence electrons. The van der Waals surface area contributed by atoms with Crippen LogP contribution in [0, 0.1) is 5.82 Å². The number of nitrogens with one attached hydrogen (secondary N) is 2. The van der Waals surface area contributed by atoms with Crippen LogP contribution in [0.25, 0.3) is 10.9 Å². The summed E-state index contributed by atoms with van der Waals surface area (Å²) in [6, 6.07) is 11.8. The molecule has 5 rings (SSSR count). The minimum atomic E-state index is -1.09. The van der Waals surface area contributed by atoms with Crippen molar-refractivity contribution in [3.63, 3.8) is 0 Å². The van der Waals surface area contributed by atoms with Crippen molar-refractivity contribution < 1.29 is 18.7 Å². The molecule has 2 aromatic carbocycles. The number of fused-ring (bicyclic) bond motifs is 1. The monoisotopic (exact) mass is 512 g/mol. The molecule has 0 spiro atoms. The van der Waals surface area contributed by atoms with E-state index in [1.165, 1.54) is 30.8 Å². The molecule has 0 amide bonds. The van der Waals surface area contributed by atoms with Gasteiger partial charge >= 0.3 is 0 Å². The molecule has 35 heavy (non-hydrogen) atoms. The number of thiophene rings is 1. The van der Waals surface area contributed by atoms with Gasteiger partial charge in [-0.3, -0.25) is 4.79 Å². The minimum Gasteiger partial charge on any atom is -0.493 e. The van der Waals surface area contributed by atoms with E-state index in [1.807, 2.05) is 11.4 Å². The number of aromatic nitrogens is 2. The van der Waals surface area contributed by atoms with E-state index < -0.39 is 11.4 Å². The first-order valence-electron chi connectivity index (χ1n) is 11.0. The molecule has 0 bridgehead atoms. The Balaban J connectivity index is 1.58. The van der Waals surface area contributed by atoms with Crippen LogP contribution >= 0.6 is 22.9 Å². The van der Waals surface area contributed by atoms with Crippen LogP contribution in [0.4, 0.5) is 15.9 Å². The van der Waals surface area contributed by atoms with E-state index in [1.54, 1.807) is 30.3 Å². The number of benzene rings is 2. The zero-order chi connectivity index (χ0) is 24.4. The summed E-state index contributed by atoms with van der Waals surface area (Å²) in [5.74, 6) is 0.507. The lowest BCUT2D eigenvalue weighted by molar-refractivity contribution is 0.0327. The molecule has 1 saturated heterocycles. The number of anilines is 2. The Morgan fingerprint density at radius 2 is 2.11 bits per heavy atom. The maximum absolute atomic E-state index is 14.5. The van der Waals surface area contributed by atoms with Gasteiger partial charge in [0.15, 0.2) is 22.9 Å². The molecule has 7 nitrogen and oxygen atoms in total. The van der Waals surface area contributed by atoms with Gasteiger partial charge in [-0.15, -0.1) is 11.3 Å². The minimum absolute atomic E-state index is 0.00196. The number of nitrogens with zero attached hydrogens (tertiary/aromatic N) is 2. The lowest BCUT2D eigenvalue weighted by atomic mass is 9.88. The van der Waals surface area contributed by atoms with Gasteiger partial charge in [-0.25, -0.2) is 14.4 Å². The van der Waals surface area contributed by atoms with Gasteiger partial charge in [0.1, 0.15) is 12.1 Å². The zero-order valence-electron chi connectivity index (χ0n) is 18.8. The van der Waals surface area contributed by atoms with E-state index in [2.05, 4.69) is 20.6 Å². The number of carbonyl (C=O) groups is 1. The third kappa shape index (κ3) is 4.54. The SMILES string of the molecule is COc1cc2ncnc(Nc3cccc(Cl)c3F)c2cc1O[C@]1(C(=O)c2cccs2)CCCNC1. The molecule has 0 aliphatic carbocycles. The fourth-order valence-corrected chi connectivity index (χ4v) is 5.11. The van der Waals surface area contributed by atoms with Crippen LogP contribution in [-0.2, 0) is 0 Å². The molecule has 3 heterocycles. The summed E-state index contributed by atoms with van der Waals surface area (Å²) in [5, 5.41) is 8.74. The number of piperidine rings is 1. The molecule has 0 saturated carbocycles. The summed E-state index contributed by atoms with van der Waals surface area (Å²) < 4.78 is 26.6. The van der Waals surface area contributed by atoms with Crippen molar-refractivity contribution in [1.29, 1.82) is 0 Å². The van der Waals surface area contributed by atoms with Crippen molar-refractivity contribution in [3.8, 4) is 11.5 Å². The predicted octanol–water partition coefficient (Wildman–Crippen LogP) is 5.62. The fourth-order valence-electron chi connectivity index (χ4n) is 4.18. The van der Waals surface area contributed by atoms with Crippen molar-refractivity contribution in [2.24, 2.45) is 0 Å². The molecule has 0 unspecified atom stereocenters. The van der Waals surface area contributed by atoms with Gasteiger partial charge in [-0.05, 0) is 49.0 Å². The van der Waals surface area contributed by atoms with Gasteiger partial charge in [0.05, 0.1) is 28.2 Å².